The number of benzene rings is 1. The number of hydrogen-bond acceptors (Lipinski definition) is 4. The van der Waals surface area contributed by atoms with E-state index in [1.807, 2.05) is 31.0 Å². The molecule has 3 N–H and O–H groups in total. The second-order valence-electron chi connectivity index (χ2n) is 4.98. The number of rotatable bonds is 4. The second-order valence-corrected chi connectivity index (χ2v) is 4.98. The summed E-state index contributed by atoms with van der Waals surface area (Å²) in [5, 5.41) is 2.83. The Balaban J connectivity index is 1.89. The van der Waals surface area contributed by atoms with Gasteiger partial charge in [0.15, 0.2) is 0 Å². The summed E-state index contributed by atoms with van der Waals surface area (Å²) in [6.07, 6.45) is 1.15. The van der Waals surface area contributed by atoms with Crippen molar-refractivity contribution < 1.29 is 9.53 Å². The topological polar surface area (TPSA) is 67.6 Å². The summed E-state index contributed by atoms with van der Waals surface area (Å²) in [5.74, 6) is -0.0560. The van der Waals surface area contributed by atoms with E-state index in [0.717, 1.165) is 13.0 Å². The molecule has 2 unspecified atom stereocenters. The molecule has 2 rings (SSSR count). The van der Waals surface area contributed by atoms with Crippen LogP contribution in [0.25, 0.3) is 0 Å². The largest absolute Gasteiger partial charge is 0.397 e. The molecule has 1 aromatic rings. The average molecular weight is 263 g/mol. The number of ether oxygens (including phenoxy) is 1. The van der Waals surface area contributed by atoms with Gasteiger partial charge >= 0.3 is 0 Å². The molecule has 0 radical (unpaired) electrons. The van der Waals surface area contributed by atoms with Crippen molar-refractivity contribution in [3.05, 3.63) is 24.3 Å². The minimum Gasteiger partial charge on any atom is -0.397 e. The molecule has 0 spiro atoms. The molecule has 1 aliphatic rings. The monoisotopic (exact) mass is 263 g/mol. The van der Waals surface area contributed by atoms with E-state index in [2.05, 4.69) is 5.32 Å². The van der Waals surface area contributed by atoms with E-state index in [-0.39, 0.29) is 12.0 Å². The summed E-state index contributed by atoms with van der Waals surface area (Å²) in [4.78, 5) is 14.0. The fraction of sp³-hybridized carbons (Fsp3) is 0.500. The molecule has 2 atom stereocenters. The Hall–Kier alpha value is -1.59. The molecular formula is C14H21N3O2. The molecule has 1 aromatic carbocycles. The van der Waals surface area contributed by atoms with Gasteiger partial charge < -0.3 is 15.8 Å². The van der Waals surface area contributed by atoms with Crippen LogP contribution in [-0.2, 0) is 9.53 Å². The first-order valence-electron chi connectivity index (χ1n) is 6.54. The highest BCUT2D eigenvalue weighted by atomic mass is 16.5. The first-order valence-corrected chi connectivity index (χ1v) is 6.54. The summed E-state index contributed by atoms with van der Waals surface area (Å²) >= 11 is 0. The van der Waals surface area contributed by atoms with Gasteiger partial charge in [-0.3, -0.25) is 9.69 Å². The number of likely N-dealkylation sites (N-methyl/N-ethyl adjacent to an activating group) is 1. The van der Waals surface area contributed by atoms with Gasteiger partial charge in [0.1, 0.15) is 0 Å². The predicted molar refractivity (Wildman–Crippen MR) is 75.9 cm³/mol. The SMILES string of the molecule is CC1OCCC1N(C)CC(=O)Nc1ccccc1N. The molecule has 1 fully saturated rings. The number of nitrogens with zero attached hydrogens (tertiary/aromatic N) is 1. The van der Waals surface area contributed by atoms with Crippen molar-refractivity contribution in [2.24, 2.45) is 0 Å². The maximum Gasteiger partial charge on any atom is 0.238 e. The van der Waals surface area contributed by atoms with Gasteiger partial charge in [-0.15, -0.1) is 0 Å². The molecule has 19 heavy (non-hydrogen) atoms. The van der Waals surface area contributed by atoms with Gasteiger partial charge in [-0.2, -0.15) is 0 Å². The van der Waals surface area contributed by atoms with Crippen LogP contribution < -0.4 is 11.1 Å². The third-order valence-corrected chi connectivity index (χ3v) is 3.53. The number of carbonyl (C=O) groups excluding carboxylic acids is 1. The molecule has 104 valence electrons. The smallest absolute Gasteiger partial charge is 0.238 e. The number of nitrogen functional groups attached to an aromatic ring is 1. The lowest BCUT2D eigenvalue weighted by atomic mass is 10.1. The van der Waals surface area contributed by atoms with Crippen molar-refractivity contribution in [2.45, 2.75) is 25.5 Å². The van der Waals surface area contributed by atoms with Crippen molar-refractivity contribution in [3.63, 3.8) is 0 Å². The van der Waals surface area contributed by atoms with E-state index in [4.69, 9.17) is 10.5 Å². The molecule has 0 aromatic heterocycles. The van der Waals surface area contributed by atoms with Crippen molar-refractivity contribution in [1.82, 2.24) is 4.90 Å². The first kappa shape index (κ1) is 13.8. The Morgan fingerprint density at radius 1 is 1.53 bits per heavy atom. The highest BCUT2D eigenvalue weighted by Crippen LogP contribution is 2.19. The van der Waals surface area contributed by atoms with Gasteiger partial charge in [-0.25, -0.2) is 0 Å². The third-order valence-electron chi connectivity index (χ3n) is 3.53. The molecule has 5 nitrogen and oxygen atoms in total. The maximum absolute atomic E-state index is 12.0. The van der Waals surface area contributed by atoms with Crippen LogP contribution in [0.2, 0.25) is 0 Å². The van der Waals surface area contributed by atoms with E-state index < -0.39 is 0 Å². The number of nitrogens with one attached hydrogen (secondary N) is 1. The molecule has 1 saturated heterocycles. The van der Waals surface area contributed by atoms with Crippen LogP contribution in [0.15, 0.2) is 24.3 Å². The van der Waals surface area contributed by atoms with Crippen LogP contribution in [-0.4, -0.2) is 43.2 Å². The summed E-state index contributed by atoms with van der Waals surface area (Å²) < 4.78 is 5.51. The molecule has 1 amide bonds. The summed E-state index contributed by atoms with van der Waals surface area (Å²) in [6.45, 7) is 3.15. The van der Waals surface area contributed by atoms with Crippen LogP contribution in [0.4, 0.5) is 11.4 Å². The standard InChI is InChI=1S/C14H21N3O2/c1-10-13(7-8-19-10)17(2)9-14(18)16-12-6-4-3-5-11(12)15/h3-6,10,13H,7-9,15H2,1-2H3,(H,16,18). The Kier molecular flexibility index (Phi) is 4.39. The lowest BCUT2D eigenvalue weighted by molar-refractivity contribution is -0.117. The van der Waals surface area contributed by atoms with E-state index in [1.54, 1.807) is 12.1 Å². The molecule has 1 aliphatic heterocycles. The van der Waals surface area contributed by atoms with E-state index in [1.165, 1.54) is 0 Å². The number of amides is 1. The van der Waals surface area contributed by atoms with E-state index in [9.17, 15) is 4.79 Å². The lowest BCUT2D eigenvalue weighted by Crippen LogP contribution is -2.41. The summed E-state index contributed by atoms with van der Waals surface area (Å²) in [6, 6.07) is 7.57. The van der Waals surface area contributed by atoms with Crippen molar-refractivity contribution >= 4 is 17.3 Å². The summed E-state index contributed by atoms with van der Waals surface area (Å²) in [7, 11) is 1.95. The van der Waals surface area contributed by atoms with Gasteiger partial charge in [0.25, 0.3) is 0 Å². The predicted octanol–water partition coefficient (Wildman–Crippen LogP) is 1.32. The highest BCUT2D eigenvalue weighted by molar-refractivity contribution is 5.95. The fourth-order valence-electron chi connectivity index (χ4n) is 2.44. The Bertz CT molecular complexity index is 450. The average Bonchev–Trinajstić information content (AvgIpc) is 2.78. The zero-order valence-electron chi connectivity index (χ0n) is 11.4. The van der Waals surface area contributed by atoms with Crippen LogP contribution in [0.3, 0.4) is 0 Å². The molecule has 5 heteroatoms. The summed E-state index contributed by atoms with van der Waals surface area (Å²) in [5.41, 5.74) is 7.04. The highest BCUT2D eigenvalue weighted by Gasteiger charge is 2.28. The quantitative estimate of drug-likeness (QED) is 0.804. The number of anilines is 2. The fourth-order valence-corrected chi connectivity index (χ4v) is 2.44. The second kappa shape index (κ2) is 6.04. The third kappa shape index (κ3) is 3.45. The van der Waals surface area contributed by atoms with Crippen LogP contribution in [0.5, 0.6) is 0 Å². The molecule has 0 bridgehead atoms. The number of hydrogen-bond donors (Lipinski definition) is 2. The number of para-hydroxylation sites is 2. The Morgan fingerprint density at radius 2 is 2.26 bits per heavy atom. The van der Waals surface area contributed by atoms with Crippen molar-refractivity contribution in [3.8, 4) is 0 Å². The number of carbonyl (C=O) groups is 1. The van der Waals surface area contributed by atoms with Gasteiger partial charge in [0, 0.05) is 12.6 Å². The van der Waals surface area contributed by atoms with Crippen molar-refractivity contribution in [2.75, 3.05) is 31.2 Å². The van der Waals surface area contributed by atoms with Crippen molar-refractivity contribution in [1.29, 1.82) is 0 Å². The van der Waals surface area contributed by atoms with Gasteiger partial charge in [-0.1, -0.05) is 12.1 Å². The maximum atomic E-state index is 12.0. The molecular weight excluding hydrogens is 242 g/mol. The first-order chi connectivity index (χ1) is 9.08. The van der Waals surface area contributed by atoms with Crippen LogP contribution in [0.1, 0.15) is 13.3 Å². The zero-order valence-corrected chi connectivity index (χ0v) is 11.4. The molecule has 0 saturated carbocycles. The Morgan fingerprint density at radius 3 is 2.89 bits per heavy atom. The van der Waals surface area contributed by atoms with Gasteiger partial charge in [-0.05, 0) is 32.5 Å². The minimum absolute atomic E-state index is 0.0560. The normalized spacial score (nSPS) is 22.7. The van der Waals surface area contributed by atoms with Crippen LogP contribution >= 0.6 is 0 Å². The zero-order chi connectivity index (χ0) is 13.8. The Labute approximate surface area is 113 Å². The van der Waals surface area contributed by atoms with Gasteiger partial charge in [0.05, 0.1) is 24.0 Å². The lowest BCUT2D eigenvalue weighted by Gasteiger charge is -2.25. The van der Waals surface area contributed by atoms with Gasteiger partial charge in [0.2, 0.25) is 5.91 Å². The van der Waals surface area contributed by atoms with E-state index in [0.29, 0.717) is 24.0 Å². The van der Waals surface area contributed by atoms with E-state index >= 15 is 0 Å². The van der Waals surface area contributed by atoms with Crippen LogP contribution in [0, 0.1) is 0 Å². The number of nitrogens with two attached hydrogens (primary N) is 1. The molecule has 1 heterocycles. The molecule has 0 aliphatic carbocycles. The minimum atomic E-state index is -0.0560.